The molecule has 2 aromatic rings. The molecule has 0 aliphatic carbocycles. The number of rotatable bonds is 2. The second-order valence-corrected chi connectivity index (χ2v) is 7.27. The number of amides is 1. The smallest absolute Gasteiger partial charge is 0.287 e. The number of fused-ring (bicyclic) bond motifs is 1. The number of nitrogens with zero attached hydrogens (tertiary/aromatic N) is 1. The van der Waals surface area contributed by atoms with Gasteiger partial charge in [0, 0.05) is 25.1 Å². The van der Waals surface area contributed by atoms with E-state index in [0.717, 1.165) is 49.4 Å². The molecule has 132 valence electrons. The third-order valence-electron chi connectivity index (χ3n) is 5.36. The normalized spacial score (nSPS) is 22.2. The Morgan fingerprint density at radius 3 is 2.68 bits per heavy atom. The SMILES string of the molecule is Cc1ccc(C(=O)N[C@H]2CC3(CCN(C)CC3)Oc3ccccc32)o1. The minimum atomic E-state index is -0.197. The fourth-order valence-electron chi connectivity index (χ4n) is 3.87. The van der Waals surface area contributed by atoms with Gasteiger partial charge < -0.3 is 19.4 Å². The van der Waals surface area contributed by atoms with Crippen LogP contribution in [-0.2, 0) is 0 Å². The summed E-state index contributed by atoms with van der Waals surface area (Å²) in [5, 5.41) is 3.16. The van der Waals surface area contributed by atoms with Crippen molar-refractivity contribution in [3.8, 4) is 5.75 Å². The van der Waals surface area contributed by atoms with Crippen molar-refractivity contribution in [2.75, 3.05) is 20.1 Å². The van der Waals surface area contributed by atoms with Crippen LogP contribution in [0.25, 0.3) is 0 Å². The number of hydrogen-bond donors (Lipinski definition) is 1. The van der Waals surface area contributed by atoms with Gasteiger partial charge in [-0.1, -0.05) is 18.2 Å². The molecule has 1 N–H and O–H groups in total. The number of furan rings is 1. The summed E-state index contributed by atoms with van der Waals surface area (Å²) in [4.78, 5) is 14.9. The van der Waals surface area contributed by atoms with Gasteiger partial charge in [0.25, 0.3) is 5.91 Å². The zero-order valence-corrected chi connectivity index (χ0v) is 14.7. The van der Waals surface area contributed by atoms with Crippen LogP contribution < -0.4 is 10.1 Å². The maximum absolute atomic E-state index is 12.6. The summed E-state index contributed by atoms with van der Waals surface area (Å²) in [6, 6.07) is 11.5. The number of aryl methyl sites for hydroxylation is 1. The van der Waals surface area contributed by atoms with E-state index in [2.05, 4.69) is 17.3 Å². The molecule has 2 aliphatic rings. The summed E-state index contributed by atoms with van der Waals surface area (Å²) in [6.07, 6.45) is 2.75. The van der Waals surface area contributed by atoms with Crippen molar-refractivity contribution in [3.63, 3.8) is 0 Å². The Bertz CT molecular complexity index is 775. The molecule has 1 saturated heterocycles. The Hall–Kier alpha value is -2.27. The number of carbonyl (C=O) groups excluding carboxylic acids is 1. The Kier molecular flexibility index (Phi) is 4.04. The number of para-hydroxylation sites is 1. The third kappa shape index (κ3) is 3.16. The molecule has 1 aromatic heterocycles. The number of likely N-dealkylation sites (tertiary alicyclic amines) is 1. The van der Waals surface area contributed by atoms with Gasteiger partial charge in [0.15, 0.2) is 5.76 Å². The van der Waals surface area contributed by atoms with E-state index in [1.54, 1.807) is 6.07 Å². The van der Waals surface area contributed by atoms with Crippen molar-refractivity contribution in [3.05, 3.63) is 53.5 Å². The highest BCUT2D eigenvalue weighted by Crippen LogP contribution is 2.44. The Labute approximate surface area is 148 Å². The minimum Gasteiger partial charge on any atom is -0.487 e. The van der Waals surface area contributed by atoms with Crippen LogP contribution in [0.5, 0.6) is 5.75 Å². The van der Waals surface area contributed by atoms with Crippen LogP contribution >= 0.6 is 0 Å². The summed E-state index contributed by atoms with van der Waals surface area (Å²) in [7, 11) is 2.14. The predicted molar refractivity (Wildman–Crippen MR) is 94.8 cm³/mol. The fourth-order valence-corrected chi connectivity index (χ4v) is 3.87. The molecule has 0 radical (unpaired) electrons. The molecule has 1 spiro atoms. The maximum atomic E-state index is 12.6. The Balaban J connectivity index is 1.60. The first-order valence-electron chi connectivity index (χ1n) is 8.88. The lowest BCUT2D eigenvalue weighted by Crippen LogP contribution is -2.51. The number of hydrogen-bond acceptors (Lipinski definition) is 4. The molecule has 0 bridgehead atoms. The van der Waals surface area contributed by atoms with E-state index in [9.17, 15) is 4.79 Å². The van der Waals surface area contributed by atoms with Crippen molar-refractivity contribution in [1.29, 1.82) is 0 Å². The average molecular weight is 340 g/mol. The van der Waals surface area contributed by atoms with Gasteiger partial charge in [0.05, 0.1) is 6.04 Å². The topological polar surface area (TPSA) is 54.7 Å². The molecule has 1 amide bonds. The van der Waals surface area contributed by atoms with Gasteiger partial charge in [-0.25, -0.2) is 0 Å². The summed E-state index contributed by atoms with van der Waals surface area (Å²) in [6.45, 7) is 3.87. The second kappa shape index (κ2) is 6.23. The van der Waals surface area contributed by atoms with E-state index in [1.165, 1.54) is 0 Å². The van der Waals surface area contributed by atoms with E-state index in [4.69, 9.17) is 9.15 Å². The zero-order chi connectivity index (χ0) is 17.4. The van der Waals surface area contributed by atoms with Gasteiger partial charge in [-0.2, -0.15) is 0 Å². The lowest BCUT2D eigenvalue weighted by molar-refractivity contribution is -0.0196. The average Bonchev–Trinajstić information content (AvgIpc) is 3.04. The van der Waals surface area contributed by atoms with Crippen molar-refractivity contribution >= 4 is 5.91 Å². The number of nitrogens with one attached hydrogen (secondary N) is 1. The van der Waals surface area contributed by atoms with Crippen LogP contribution in [0.15, 0.2) is 40.8 Å². The van der Waals surface area contributed by atoms with E-state index >= 15 is 0 Å². The van der Waals surface area contributed by atoms with Gasteiger partial charge in [-0.15, -0.1) is 0 Å². The predicted octanol–water partition coefficient (Wildman–Crippen LogP) is 3.31. The molecule has 1 fully saturated rings. The quantitative estimate of drug-likeness (QED) is 0.911. The monoisotopic (exact) mass is 340 g/mol. The Morgan fingerprint density at radius 1 is 1.20 bits per heavy atom. The van der Waals surface area contributed by atoms with Crippen molar-refractivity contribution in [2.24, 2.45) is 0 Å². The highest BCUT2D eigenvalue weighted by atomic mass is 16.5. The molecule has 1 aromatic carbocycles. The standard InChI is InChI=1S/C20H24N2O3/c1-14-7-8-18(24-14)19(23)21-16-13-20(9-11-22(2)12-10-20)25-17-6-4-3-5-15(16)17/h3-8,16H,9-13H2,1-2H3,(H,21,23)/t16-/m0/s1. The van der Waals surface area contributed by atoms with E-state index in [0.29, 0.717) is 5.76 Å². The van der Waals surface area contributed by atoms with Crippen molar-refractivity contribution < 1.29 is 13.9 Å². The van der Waals surface area contributed by atoms with Crippen LogP contribution in [0.1, 0.15) is 47.2 Å². The molecule has 5 nitrogen and oxygen atoms in total. The largest absolute Gasteiger partial charge is 0.487 e. The highest BCUT2D eigenvalue weighted by molar-refractivity contribution is 5.91. The van der Waals surface area contributed by atoms with Gasteiger partial charge in [-0.3, -0.25) is 4.79 Å². The first-order valence-corrected chi connectivity index (χ1v) is 8.88. The molecule has 5 heteroatoms. The van der Waals surface area contributed by atoms with Crippen LogP contribution in [0.3, 0.4) is 0 Å². The number of ether oxygens (including phenoxy) is 1. The van der Waals surface area contributed by atoms with Gasteiger partial charge in [-0.05, 0) is 45.0 Å². The summed E-state index contributed by atoms with van der Waals surface area (Å²) < 4.78 is 11.9. The van der Waals surface area contributed by atoms with Crippen molar-refractivity contribution in [2.45, 2.75) is 37.8 Å². The lowest BCUT2D eigenvalue weighted by Gasteiger charge is -2.46. The maximum Gasteiger partial charge on any atom is 0.287 e. The highest BCUT2D eigenvalue weighted by Gasteiger charge is 2.43. The molecular weight excluding hydrogens is 316 g/mol. The van der Waals surface area contributed by atoms with Crippen LogP contribution in [0.2, 0.25) is 0 Å². The number of carbonyl (C=O) groups is 1. The van der Waals surface area contributed by atoms with Crippen LogP contribution in [0.4, 0.5) is 0 Å². The van der Waals surface area contributed by atoms with Crippen LogP contribution in [-0.4, -0.2) is 36.5 Å². The van der Waals surface area contributed by atoms with Crippen molar-refractivity contribution in [1.82, 2.24) is 10.2 Å². The van der Waals surface area contributed by atoms with E-state index in [1.807, 2.05) is 37.3 Å². The van der Waals surface area contributed by atoms with Crippen LogP contribution in [0, 0.1) is 6.92 Å². The molecule has 4 rings (SSSR count). The summed E-state index contributed by atoms with van der Waals surface area (Å²) >= 11 is 0. The summed E-state index contributed by atoms with van der Waals surface area (Å²) in [5.41, 5.74) is 0.849. The lowest BCUT2D eigenvalue weighted by atomic mass is 9.80. The molecular formula is C20H24N2O3. The fraction of sp³-hybridized carbons (Fsp3) is 0.450. The minimum absolute atomic E-state index is 0.0636. The zero-order valence-electron chi connectivity index (χ0n) is 14.7. The van der Waals surface area contributed by atoms with E-state index < -0.39 is 0 Å². The Morgan fingerprint density at radius 2 is 1.96 bits per heavy atom. The summed E-state index contributed by atoms with van der Waals surface area (Å²) in [5.74, 6) is 1.82. The third-order valence-corrected chi connectivity index (χ3v) is 5.36. The number of piperidine rings is 1. The first-order chi connectivity index (χ1) is 12.0. The van der Waals surface area contributed by atoms with E-state index in [-0.39, 0.29) is 17.6 Å². The first kappa shape index (κ1) is 16.2. The van der Waals surface area contributed by atoms with Gasteiger partial charge in [0.2, 0.25) is 0 Å². The molecule has 0 saturated carbocycles. The second-order valence-electron chi connectivity index (χ2n) is 7.27. The van der Waals surface area contributed by atoms with Gasteiger partial charge >= 0.3 is 0 Å². The number of benzene rings is 1. The van der Waals surface area contributed by atoms with Gasteiger partial charge in [0.1, 0.15) is 17.1 Å². The molecule has 3 heterocycles. The molecule has 0 unspecified atom stereocenters. The molecule has 25 heavy (non-hydrogen) atoms. The molecule has 2 aliphatic heterocycles. The molecule has 1 atom stereocenters.